The average Bonchev–Trinajstić information content (AvgIpc) is 2.51. The fourth-order valence-corrected chi connectivity index (χ4v) is 1.49. The minimum Gasteiger partial charge on any atom is -0.469 e. The number of hydrogen-bond donors (Lipinski definition) is 1. The molecule has 1 aromatic heterocycles. The molecule has 0 aliphatic carbocycles. The lowest BCUT2D eigenvalue weighted by Crippen LogP contribution is -2.11. The molecule has 12 heavy (non-hydrogen) atoms. The fourth-order valence-electron chi connectivity index (χ4n) is 1.49. The predicted molar refractivity (Wildman–Crippen MR) is 50.0 cm³/mol. The van der Waals surface area contributed by atoms with E-state index in [2.05, 4.69) is 13.8 Å². The van der Waals surface area contributed by atoms with Crippen molar-refractivity contribution in [3.63, 3.8) is 0 Å². The minimum absolute atomic E-state index is 0.477. The Balaban J connectivity index is 2.66. The van der Waals surface area contributed by atoms with Gasteiger partial charge in [0, 0.05) is 5.92 Å². The maximum absolute atomic E-state index is 5.53. The number of rotatable bonds is 4. The highest BCUT2D eigenvalue weighted by Gasteiger charge is 2.16. The molecule has 2 nitrogen and oxygen atoms in total. The lowest BCUT2D eigenvalue weighted by atomic mass is 9.90. The zero-order valence-electron chi connectivity index (χ0n) is 7.79. The molecule has 0 aromatic carbocycles. The van der Waals surface area contributed by atoms with E-state index in [0.717, 1.165) is 18.7 Å². The second-order valence-electron chi connectivity index (χ2n) is 3.44. The largest absolute Gasteiger partial charge is 0.469 e. The zero-order valence-corrected chi connectivity index (χ0v) is 7.79. The Morgan fingerprint density at radius 1 is 1.50 bits per heavy atom. The highest BCUT2D eigenvalue weighted by atomic mass is 16.3. The molecule has 1 atom stereocenters. The lowest BCUT2D eigenvalue weighted by Gasteiger charge is -2.16. The van der Waals surface area contributed by atoms with Gasteiger partial charge in [0.05, 0.1) is 6.26 Å². The monoisotopic (exact) mass is 167 g/mol. The van der Waals surface area contributed by atoms with E-state index in [1.54, 1.807) is 6.26 Å². The molecule has 0 spiro atoms. The van der Waals surface area contributed by atoms with Crippen LogP contribution < -0.4 is 5.73 Å². The maximum atomic E-state index is 5.53. The van der Waals surface area contributed by atoms with Crippen molar-refractivity contribution in [3.05, 3.63) is 24.2 Å². The van der Waals surface area contributed by atoms with E-state index in [-0.39, 0.29) is 0 Å². The van der Waals surface area contributed by atoms with E-state index in [0.29, 0.717) is 11.8 Å². The van der Waals surface area contributed by atoms with Crippen LogP contribution in [0.25, 0.3) is 0 Å². The van der Waals surface area contributed by atoms with Gasteiger partial charge in [-0.15, -0.1) is 0 Å². The summed E-state index contributed by atoms with van der Waals surface area (Å²) >= 11 is 0. The van der Waals surface area contributed by atoms with E-state index in [1.165, 1.54) is 0 Å². The third-order valence-electron chi connectivity index (χ3n) is 2.19. The van der Waals surface area contributed by atoms with Crippen molar-refractivity contribution < 1.29 is 4.42 Å². The summed E-state index contributed by atoms with van der Waals surface area (Å²) in [5.41, 5.74) is 5.53. The van der Waals surface area contributed by atoms with E-state index in [9.17, 15) is 0 Å². The normalized spacial score (nSPS) is 13.7. The Bertz CT molecular complexity index is 204. The average molecular weight is 167 g/mol. The molecule has 0 unspecified atom stereocenters. The first-order valence-corrected chi connectivity index (χ1v) is 4.49. The molecule has 0 fully saturated rings. The summed E-state index contributed by atoms with van der Waals surface area (Å²) in [6, 6.07) is 3.96. The maximum Gasteiger partial charge on any atom is 0.107 e. The van der Waals surface area contributed by atoms with Crippen molar-refractivity contribution in [2.24, 2.45) is 11.7 Å². The van der Waals surface area contributed by atoms with Gasteiger partial charge in [-0.25, -0.2) is 0 Å². The Morgan fingerprint density at radius 2 is 2.25 bits per heavy atom. The predicted octanol–water partition coefficient (Wildman–Crippen LogP) is 2.37. The lowest BCUT2D eigenvalue weighted by molar-refractivity contribution is 0.381. The van der Waals surface area contributed by atoms with Crippen LogP contribution in [0.1, 0.15) is 31.9 Å². The van der Waals surface area contributed by atoms with Gasteiger partial charge in [0.25, 0.3) is 0 Å². The smallest absolute Gasteiger partial charge is 0.107 e. The number of nitrogens with two attached hydrogens (primary N) is 1. The van der Waals surface area contributed by atoms with Crippen LogP contribution in [0.5, 0.6) is 0 Å². The van der Waals surface area contributed by atoms with Crippen molar-refractivity contribution in [3.8, 4) is 0 Å². The van der Waals surface area contributed by atoms with E-state index in [4.69, 9.17) is 10.2 Å². The highest BCUT2D eigenvalue weighted by molar-refractivity contribution is 5.06. The van der Waals surface area contributed by atoms with Gasteiger partial charge in [-0.05, 0) is 31.0 Å². The molecular weight excluding hydrogens is 150 g/mol. The molecule has 0 bridgehead atoms. The molecule has 0 amide bonds. The molecule has 2 heteroatoms. The molecule has 0 saturated heterocycles. The summed E-state index contributed by atoms with van der Waals surface area (Å²) in [5, 5.41) is 0. The van der Waals surface area contributed by atoms with Crippen LogP contribution in [-0.4, -0.2) is 6.54 Å². The Hall–Kier alpha value is -0.760. The molecule has 2 N–H and O–H groups in total. The van der Waals surface area contributed by atoms with Crippen molar-refractivity contribution in [2.45, 2.75) is 26.2 Å². The third kappa shape index (κ3) is 2.11. The van der Waals surface area contributed by atoms with Crippen LogP contribution in [0, 0.1) is 5.92 Å². The number of furan rings is 1. The summed E-state index contributed by atoms with van der Waals surface area (Å²) in [6.07, 6.45) is 2.73. The second kappa shape index (κ2) is 4.31. The van der Waals surface area contributed by atoms with E-state index >= 15 is 0 Å². The Morgan fingerprint density at radius 3 is 2.67 bits per heavy atom. The minimum atomic E-state index is 0.477. The van der Waals surface area contributed by atoms with Crippen LogP contribution in [-0.2, 0) is 0 Å². The topological polar surface area (TPSA) is 39.2 Å². The van der Waals surface area contributed by atoms with Gasteiger partial charge in [0.15, 0.2) is 0 Å². The number of hydrogen-bond acceptors (Lipinski definition) is 2. The van der Waals surface area contributed by atoms with Gasteiger partial charge in [-0.1, -0.05) is 13.8 Å². The first-order valence-electron chi connectivity index (χ1n) is 4.49. The van der Waals surface area contributed by atoms with Gasteiger partial charge in [-0.3, -0.25) is 0 Å². The van der Waals surface area contributed by atoms with Crippen LogP contribution in [0.3, 0.4) is 0 Å². The van der Waals surface area contributed by atoms with Gasteiger partial charge in [0.1, 0.15) is 5.76 Å². The van der Waals surface area contributed by atoms with Gasteiger partial charge >= 0.3 is 0 Å². The Labute approximate surface area is 73.8 Å². The highest BCUT2D eigenvalue weighted by Crippen LogP contribution is 2.27. The van der Waals surface area contributed by atoms with Crippen molar-refractivity contribution >= 4 is 0 Å². The molecule has 68 valence electrons. The second-order valence-corrected chi connectivity index (χ2v) is 3.44. The molecule has 0 radical (unpaired) electrons. The molecule has 0 aliphatic rings. The van der Waals surface area contributed by atoms with Crippen molar-refractivity contribution in [1.29, 1.82) is 0 Å². The van der Waals surface area contributed by atoms with E-state index < -0.39 is 0 Å². The Kier molecular flexibility index (Phi) is 3.35. The molecule has 1 heterocycles. The summed E-state index contributed by atoms with van der Waals surface area (Å²) in [6.45, 7) is 5.12. The summed E-state index contributed by atoms with van der Waals surface area (Å²) in [5.74, 6) is 2.14. The molecule has 0 aliphatic heterocycles. The first kappa shape index (κ1) is 9.33. The van der Waals surface area contributed by atoms with Crippen LogP contribution in [0.15, 0.2) is 22.8 Å². The van der Waals surface area contributed by atoms with Gasteiger partial charge < -0.3 is 10.2 Å². The third-order valence-corrected chi connectivity index (χ3v) is 2.19. The van der Waals surface area contributed by atoms with Crippen LogP contribution >= 0.6 is 0 Å². The standard InChI is InChI=1S/C10H17NO/c1-8(2)9(5-6-11)10-4-3-7-12-10/h3-4,7-9H,5-6,11H2,1-2H3/t9-/m1/s1. The summed E-state index contributed by atoms with van der Waals surface area (Å²) in [4.78, 5) is 0. The summed E-state index contributed by atoms with van der Waals surface area (Å²) < 4.78 is 5.35. The summed E-state index contributed by atoms with van der Waals surface area (Å²) in [7, 11) is 0. The van der Waals surface area contributed by atoms with Gasteiger partial charge in [-0.2, -0.15) is 0 Å². The molecule has 0 saturated carbocycles. The van der Waals surface area contributed by atoms with Crippen LogP contribution in [0.4, 0.5) is 0 Å². The SMILES string of the molecule is CC(C)[C@@H](CCN)c1ccco1. The molecular formula is C10H17NO. The van der Waals surface area contributed by atoms with E-state index in [1.807, 2.05) is 12.1 Å². The fraction of sp³-hybridized carbons (Fsp3) is 0.600. The molecule has 1 rings (SSSR count). The first-order chi connectivity index (χ1) is 5.75. The quantitative estimate of drug-likeness (QED) is 0.747. The molecule has 1 aromatic rings. The van der Waals surface area contributed by atoms with Crippen molar-refractivity contribution in [2.75, 3.05) is 6.54 Å². The zero-order chi connectivity index (χ0) is 8.97. The van der Waals surface area contributed by atoms with Crippen LogP contribution in [0.2, 0.25) is 0 Å². The van der Waals surface area contributed by atoms with Gasteiger partial charge in [0.2, 0.25) is 0 Å². The van der Waals surface area contributed by atoms with Crippen molar-refractivity contribution in [1.82, 2.24) is 0 Å².